The molecule has 1 aromatic rings. The molecule has 1 aliphatic heterocycles. The van der Waals surface area contributed by atoms with E-state index in [9.17, 15) is 0 Å². The number of halogens is 1. The van der Waals surface area contributed by atoms with Crippen molar-refractivity contribution >= 4 is 15.9 Å². The molecule has 0 aromatic heterocycles. The van der Waals surface area contributed by atoms with E-state index in [0.717, 1.165) is 16.5 Å². The SMILES string of the molecule is CCC1(c2cc(C(C)(C)C)ccc2Br)OC=CO1. The van der Waals surface area contributed by atoms with E-state index >= 15 is 0 Å². The van der Waals surface area contributed by atoms with Crippen molar-refractivity contribution in [3.63, 3.8) is 0 Å². The Hall–Kier alpha value is -0.960. The summed E-state index contributed by atoms with van der Waals surface area (Å²) in [6.07, 6.45) is 3.98. The molecule has 98 valence electrons. The molecule has 0 radical (unpaired) electrons. The van der Waals surface area contributed by atoms with E-state index in [1.165, 1.54) is 5.56 Å². The predicted octanol–water partition coefficient (Wildman–Crippen LogP) is 4.83. The van der Waals surface area contributed by atoms with E-state index in [2.05, 4.69) is 61.8 Å². The summed E-state index contributed by atoms with van der Waals surface area (Å²) in [5, 5.41) is 0. The number of hydrogen-bond acceptors (Lipinski definition) is 2. The Kier molecular flexibility index (Phi) is 3.45. The van der Waals surface area contributed by atoms with Gasteiger partial charge in [-0.25, -0.2) is 0 Å². The van der Waals surface area contributed by atoms with E-state index in [0.29, 0.717) is 0 Å². The minimum Gasteiger partial charge on any atom is -0.453 e. The molecule has 0 saturated heterocycles. The molecular weight excluding hydrogens is 292 g/mol. The van der Waals surface area contributed by atoms with Crippen LogP contribution in [0.2, 0.25) is 0 Å². The van der Waals surface area contributed by atoms with E-state index in [4.69, 9.17) is 9.47 Å². The van der Waals surface area contributed by atoms with Crippen LogP contribution in [0.3, 0.4) is 0 Å². The van der Waals surface area contributed by atoms with Gasteiger partial charge in [0.25, 0.3) is 5.79 Å². The Labute approximate surface area is 117 Å². The topological polar surface area (TPSA) is 18.5 Å². The molecule has 0 N–H and O–H groups in total. The fraction of sp³-hybridized carbons (Fsp3) is 0.467. The van der Waals surface area contributed by atoms with Gasteiger partial charge < -0.3 is 9.47 Å². The Morgan fingerprint density at radius 3 is 2.28 bits per heavy atom. The Morgan fingerprint density at radius 2 is 1.78 bits per heavy atom. The minimum atomic E-state index is -0.680. The Morgan fingerprint density at radius 1 is 1.17 bits per heavy atom. The molecular formula is C15H19BrO2. The van der Waals surface area contributed by atoms with Crippen LogP contribution in [0.4, 0.5) is 0 Å². The molecule has 0 aliphatic carbocycles. The lowest BCUT2D eigenvalue weighted by Crippen LogP contribution is -2.27. The van der Waals surface area contributed by atoms with Gasteiger partial charge in [-0.3, -0.25) is 0 Å². The van der Waals surface area contributed by atoms with Crippen LogP contribution in [0.15, 0.2) is 35.2 Å². The zero-order chi connectivity index (χ0) is 13.4. The zero-order valence-electron chi connectivity index (χ0n) is 11.3. The van der Waals surface area contributed by atoms with Crippen LogP contribution in [0, 0.1) is 0 Å². The maximum atomic E-state index is 5.69. The van der Waals surface area contributed by atoms with Crippen LogP contribution >= 0.6 is 15.9 Å². The maximum Gasteiger partial charge on any atom is 0.277 e. The first-order valence-electron chi connectivity index (χ1n) is 6.20. The third-order valence-corrected chi connectivity index (χ3v) is 3.97. The van der Waals surface area contributed by atoms with Crippen LogP contribution in [0.1, 0.15) is 45.2 Å². The fourth-order valence-electron chi connectivity index (χ4n) is 2.07. The highest BCUT2D eigenvalue weighted by molar-refractivity contribution is 9.10. The van der Waals surface area contributed by atoms with Crippen molar-refractivity contribution in [1.82, 2.24) is 0 Å². The van der Waals surface area contributed by atoms with Gasteiger partial charge in [-0.05, 0) is 23.1 Å². The first kappa shape index (κ1) is 13.5. The van der Waals surface area contributed by atoms with E-state index < -0.39 is 5.79 Å². The highest BCUT2D eigenvalue weighted by Crippen LogP contribution is 2.40. The quantitative estimate of drug-likeness (QED) is 0.779. The van der Waals surface area contributed by atoms with Crippen molar-refractivity contribution in [2.75, 3.05) is 0 Å². The molecule has 0 unspecified atom stereocenters. The molecule has 2 rings (SSSR count). The molecule has 1 aromatic carbocycles. The van der Waals surface area contributed by atoms with Gasteiger partial charge in [-0.15, -0.1) is 0 Å². The van der Waals surface area contributed by atoms with Crippen LogP contribution in [0.25, 0.3) is 0 Å². The Balaban J connectivity index is 2.50. The zero-order valence-corrected chi connectivity index (χ0v) is 12.9. The van der Waals surface area contributed by atoms with Crippen molar-refractivity contribution in [1.29, 1.82) is 0 Å². The van der Waals surface area contributed by atoms with Crippen LogP contribution in [0.5, 0.6) is 0 Å². The summed E-state index contributed by atoms with van der Waals surface area (Å²) in [7, 11) is 0. The molecule has 1 heterocycles. The summed E-state index contributed by atoms with van der Waals surface area (Å²) in [5.41, 5.74) is 2.42. The third-order valence-electron chi connectivity index (χ3n) is 3.28. The second kappa shape index (κ2) is 4.61. The summed E-state index contributed by atoms with van der Waals surface area (Å²) in [6, 6.07) is 6.37. The van der Waals surface area contributed by atoms with Crippen molar-refractivity contribution in [2.24, 2.45) is 0 Å². The predicted molar refractivity (Wildman–Crippen MR) is 76.1 cm³/mol. The third kappa shape index (κ3) is 2.28. The highest BCUT2D eigenvalue weighted by atomic mass is 79.9. The van der Waals surface area contributed by atoms with Gasteiger partial charge in [-0.1, -0.05) is 49.7 Å². The van der Waals surface area contributed by atoms with Crippen LogP contribution in [-0.2, 0) is 20.7 Å². The Bertz CT molecular complexity index is 464. The number of benzene rings is 1. The summed E-state index contributed by atoms with van der Waals surface area (Å²) < 4.78 is 12.4. The second-order valence-corrected chi connectivity index (χ2v) is 6.41. The summed E-state index contributed by atoms with van der Waals surface area (Å²) in [6.45, 7) is 8.66. The van der Waals surface area contributed by atoms with Gasteiger partial charge in [-0.2, -0.15) is 0 Å². The first-order valence-corrected chi connectivity index (χ1v) is 6.99. The average Bonchev–Trinajstić information content (AvgIpc) is 2.77. The molecule has 3 heteroatoms. The van der Waals surface area contributed by atoms with Gasteiger partial charge in [0, 0.05) is 10.9 Å². The van der Waals surface area contributed by atoms with Crippen LogP contribution < -0.4 is 0 Å². The monoisotopic (exact) mass is 310 g/mol. The van der Waals surface area contributed by atoms with Crippen molar-refractivity contribution in [2.45, 2.75) is 45.3 Å². The molecule has 18 heavy (non-hydrogen) atoms. The van der Waals surface area contributed by atoms with Crippen LogP contribution in [-0.4, -0.2) is 0 Å². The second-order valence-electron chi connectivity index (χ2n) is 5.56. The highest BCUT2D eigenvalue weighted by Gasteiger charge is 2.38. The maximum absolute atomic E-state index is 5.69. The van der Waals surface area contributed by atoms with Gasteiger partial charge in [0.15, 0.2) is 0 Å². The van der Waals surface area contributed by atoms with Gasteiger partial charge in [0.2, 0.25) is 0 Å². The lowest BCUT2D eigenvalue weighted by molar-refractivity contribution is -0.152. The van der Waals surface area contributed by atoms with Gasteiger partial charge in [0.05, 0.1) is 5.56 Å². The molecule has 0 amide bonds. The molecule has 0 bridgehead atoms. The summed E-state index contributed by atoms with van der Waals surface area (Å²) in [5.74, 6) is -0.680. The molecule has 0 fully saturated rings. The van der Waals surface area contributed by atoms with Crippen molar-refractivity contribution in [3.8, 4) is 0 Å². The molecule has 0 spiro atoms. The van der Waals surface area contributed by atoms with Crippen molar-refractivity contribution in [3.05, 3.63) is 46.3 Å². The van der Waals surface area contributed by atoms with Crippen molar-refractivity contribution < 1.29 is 9.47 Å². The van der Waals surface area contributed by atoms with E-state index in [1.807, 2.05) is 0 Å². The molecule has 0 atom stereocenters. The number of rotatable bonds is 2. The number of hydrogen-bond donors (Lipinski definition) is 0. The summed E-state index contributed by atoms with van der Waals surface area (Å²) >= 11 is 3.60. The van der Waals surface area contributed by atoms with E-state index in [1.54, 1.807) is 12.5 Å². The average molecular weight is 311 g/mol. The lowest BCUT2D eigenvalue weighted by atomic mass is 9.85. The molecule has 0 saturated carbocycles. The molecule has 2 nitrogen and oxygen atoms in total. The minimum absolute atomic E-state index is 0.108. The normalized spacial score (nSPS) is 17.4. The fourth-order valence-corrected chi connectivity index (χ4v) is 2.62. The van der Waals surface area contributed by atoms with Gasteiger partial charge in [0.1, 0.15) is 12.5 Å². The lowest BCUT2D eigenvalue weighted by Gasteiger charge is -2.29. The summed E-state index contributed by atoms with van der Waals surface area (Å²) in [4.78, 5) is 0. The standard InChI is InChI=1S/C15H19BrO2/c1-5-15(17-8-9-18-15)12-10-11(14(2,3)4)6-7-13(12)16/h6-10H,5H2,1-4H3. The van der Waals surface area contributed by atoms with E-state index in [-0.39, 0.29) is 5.41 Å². The van der Waals surface area contributed by atoms with Gasteiger partial charge >= 0.3 is 0 Å². The largest absolute Gasteiger partial charge is 0.453 e. The molecule has 1 aliphatic rings. The first-order chi connectivity index (χ1) is 8.39. The number of ether oxygens (including phenoxy) is 2. The smallest absolute Gasteiger partial charge is 0.277 e.